The van der Waals surface area contributed by atoms with E-state index in [0.29, 0.717) is 17.9 Å². The van der Waals surface area contributed by atoms with E-state index in [1.807, 2.05) is 12.1 Å². The highest BCUT2D eigenvalue weighted by atomic mass is 19.1. The lowest BCUT2D eigenvalue weighted by atomic mass is 10.1. The van der Waals surface area contributed by atoms with Gasteiger partial charge in [-0.15, -0.1) is 0 Å². The minimum Gasteiger partial charge on any atom is -0.451 e. The highest BCUT2D eigenvalue weighted by Crippen LogP contribution is 2.24. The Bertz CT molecular complexity index is 978. The summed E-state index contributed by atoms with van der Waals surface area (Å²) in [6.07, 6.45) is 1.78. The molecule has 1 aromatic carbocycles. The van der Waals surface area contributed by atoms with Gasteiger partial charge in [0.05, 0.1) is 5.56 Å². The summed E-state index contributed by atoms with van der Waals surface area (Å²) in [7, 11) is 2.12. The van der Waals surface area contributed by atoms with Gasteiger partial charge in [-0.2, -0.15) is 0 Å². The lowest BCUT2D eigenvalue weighted by molar-refractivity contribution is 0.0924. The van der Waals surface area contributed by atoms with Crippen LogP contribution in [0.5, 0.6) is 0 Å². The molecule has 0 saturated carbocycles. The second-order valence-corrected chi connectivity index (χ2v) is 7.14. The minimum absolute atomic E-state index is 0.144. The van der Waals surface area contributed by atoms with Crippen molar-refractivity contribution in [2.24, 2.45) is 0 Å². The van der Waals surface area contributed by atoms with Gasteiger partial charge in [-0.05, 0) is 42.9 Å². The Morgan fingerprint density at radius 2 is 1.90 bits per heavy atom. The third-order valence-electron chi connectivity index (χ3n) is 5.06. The number of nitrogens with one attached hydrogen (secondary N) is 1. The van der Waals surface area contributed by atoms with Gasteiger partial charge in [-0.3, -0.25) is 4.79 Å². The fourth-order valence-corrected chi connectivity index (χ4v) is 3.28. The van der Waals surface area contributed by atoms with Gasteiger partial charge in [0.2, 0.25) is 0 Å². The summed E-state index contributed by atoms with van der Waals surface area (Å²) in [5.41, 5.74) is 1.23. The Morgan fingerprint density at radius 3 is 2.62 bits per heavy atom. The number of pyridine rings is 1. The van der Waals surface area contributed by atoms with Crippen LogP contribution in [0.15, 0.2) is 59.1 Å². The van der Waals surface area contributed by atoms with E-state index in [2.05, 4.69) is 27.1 Å². The van der Waals surface area contributed by atoms with Gasteiger partial charge in [-0.25, -0.2) is 9.37 Å². The minimum atomic E-state index is -0.389. The molecular formula is C22H23FN4O2. The average molecular weight is 394 g/mol. The summed E-state index contributed by atoms with van der Waals surface area (Å²) < 4.78 is 19.4. The number of furan rings is 1. The molecule has 3 aromatic rings. The molecule has 6 nitrogen and oxygen atoms in total. The molecular weight excluding hydrogens is 371 g/mol. The van der Waals surface area contributed by atoms with E-state index in [4.69, 9.17) is 4.42 Å². The third-order valence-corrected chi connectivity index (χ3v) is 5.06. The number of amides is 1. The Labute approximate surface area is 169 Å². The van der Waals surface area contributed by atoms with Gasteiger partial charge in [0.25, 0.3) is 5.91 Å². The number of carbonyl (C=O) groups is 1. The molecule has 1 aliphatic heterocycles. The Balaban J connectivity index is 1.35. The van der Waals surface area contributed by atoms with Crippen molar-refractivity contribution >= 4 is 11.7 Å². The Hall–Kier alpha value is -3.19. The topological polar surface area (TPSA) is 61.6 Å². The molecule has 0 aliphatic carbocycles. The number of likely N-dealkylation sites (N-methyl/N-ethyl adjacent to an activating group) is 1. The van der Waals surface area contributed by atoms with Gasteiger partial charge in [0.15, 0.2) is 5.76 Å². The summed E-state index contributed by atoms with van der Waals surface area (Å²) in [5.74, 6) is 0.682. The van der Waals surface area contributed by atoms with Gasteiger partial charge >= 0.3 is 0 Å². The van der Waals surface area contributed by atoms with Crippen molar-refractivity contribution in [3.8, 4) is 11.3 Å². The van der Waals surface area contributed by atoms with Crippen LogP contribution in [0.4, 0.5) is 10.2 Å². The van der Waals surface area contributed by atoms with E-state index in [1.54, 1.807) is 36.5 Å². The molecule has 0 unspecified atom stereocenters. The fourth-order valence-electron chi connectivity index (χ4n) is 3.28. The second kappa shape index (κ2) is 8.45. The van der Waals surface area contributed by atoms with E-state index in [1.165, 1.54) is 6.07 Å². The summed E-state index contributed by atoms with van der Waals surface area (Å²) in [5, 5.41) is 2.81. The monoisotopic (exact) mass is 394 g/mol. The quantitative estimate of drug-likeness (QED) is 0.720. The summed E-state index contributed by atoms with van der Waals surface area (Å²) >= 11 is 0. The molecule has 1 saturated heterocycles. The maximum Gasteiger partial charge on any atom is 0.287 e. The average Bonchev–Trinajstić information content (AvgIpc) is 3.23. The van der Waals surface area contributed by atoms with Crippen LogP contribution in [0.1, 0.15) is 16.1 Å². The first-order valence-corrected chi connectivity index (χ1v) is 9.61. The van der Waals surface area contributed by atoms with Crippen molar-refractivity contribution in [1.82, 2.24) is 15.2 Å². The van der Waals surface area contributed by atoms with Crippen LogP contribution in [0.3, 0.4) is 0 Å². The maximum absolute atomic E-state index is 13.9. The van der Waals surface area contributed by atoms with Gasteiger partial charge in [0, 0.05) is 38.9 Å². The summed E-state index contributed by atoms with van der Waals surface area (Å²) in [6, 6.07) is 13.4. The van der Waals surface area contributed by atoms with E-state index in [-0.39, 0.29) is 17.5 Å². The van der Waals surface area contributed by atoms with Crippen LogP contribution in [-0.2, 0) is 6.54 Å². The molecule has 1 amide bonds. The van der Waals surface area contributed by atoms with Crippen LogP contribution in [-0.4, -0.2) is 49.0 Å². The Morgan fingerprint density at radius 1 is 1.10 bits per heavy atom. The first-order chi connectivity index (χ1) is 14.1. The van der Waals surface area contributed by atoms with E-state index in [9.17, 15) is 9.18 Å². The highest BCUT2D eigenvalue weighted by molar-refractivity contribution is 5.92. The number of halogens is 1. The molecule has 1 N–H and O–H groups in total. The number of piperazine rings is 1. The fraction of sp³-hybridized carbons (Fsp3) is 0.273. The maximum atomic E-state index is 13.9. The van der Waals surface area contributed by atoms with Crippen LogP contribution in [0.25, 0.3) is 11.3 Å². The van der Waals surface area contributed by atoms with E-state index >= 15 is 0 Å². The molecule has 7 heteroatoms. The highest BCUT2D eigenvalue weighted by Gasteiger charge is 2.16. The molecule has 4 rings (SSSR count). The predicted molar refractivity (Wildman–Crippen MR) is 109 cm³/mol. The molecule has 3 heterocycles. The van der Waals surface area contributed by atoms with Crippen molar-refractivity contribution in [2.75, 3.05) is 38.1 Å². The molecule has 0 radical (unpaired) electrons. The first kappa shape index (κ1) is 19.1. The SMILES string of the molecule is CN1CCN(c2ccc(CNC(=O)c3ccc(-c4ccccc4F)o3)cn2)CC1. The Kier molecular flexibility index (Phi) is 5.57. The number of rotatable bonds is 5. The zero-order valence-corrected chi connectivity index (χ0v) is 16.3. The van der Waals surface area contributed by atoms with Crippen molar-refractivity contribution in [1.29, 1.82) is 0 Å². The van der Waals surface area contributed by atoms with Crippen molar-refractivity contribution in [2.45, 2.75) is 6.54 Å². The van der Waals surface area contributed by atoms with Gasteiger partial charge in [0.1, 0.15) is 17.4 Å². The molecule has 1 aliphatic rings. The normalized spacial score (nSPS) is 14.8. The number of benzene rings is 1. The zero-order valence-electron chi connectivity index (χ0n) is 16.3. The summed E-state index contributed by atoms with van der Waals surface area (Å²) in [4.78, 5) is 21.4. The smallest absolute Gasteiger partial charge is 0.287 e. The third kappa shape index (κ3) is 4.46. The summed E-state index contributed by atoms with van der Waals surface area (Å²) in [6.45, 7) is 4.31. The number of anilines is 1. The van der Waals surface area contributed by atoms with Crippen LogP contribution < -0.4 is 10.2 Å². The van der Waals surface area contributed by atoms with Crippen LogP contribution >= 0.6 is 0 Å². The van der Waals surface area contributed by atoms with Crippen LogP contribution in [0.2, 0.25) is 0 Å². The molecule has 0 bridgehead atoms. The standard InChI is InChI=1S/C22H23FN4O2/c1-26-10-12-27(13-11-26)21-9-6-16(14-24-21)15-25-22(28)20-8-7-19(29-20)17-4-2-3-5-18(17)23/h2-9,14H,10-13,15H2,1H3,(H,25,28). The molecule has 1 fully saturated rings. The number of aromatic nitrogens is 1. The van der Waals surface area contributed by atoms with Crippen molar-refractivity contribution in [3.63, 3.8) is 0 Å². The molecule has 150 valence electrons. The van der Waals surface area contributed by atoms with Crippen molar-refractivity contribution in [3.05, 3.63) is 71.9 Å². The predicted octanol–water partition coefficient (Wildman–Crippen LogP) is 3.16. The first-order valence-electron chi connectivity index (χ1n) is 9.61. The number of nitrogens with zero attached hydrogens (tertiary/aromatic N) is 3. The van der Waals surface area contributed by atoms with Gasteiger partial charge < -0.3 is 19.5 Å². The van der Waals surface area contributed by atoms with E-state index < -0.39 is 0 Å². The molecule has 2 aromatic heterocycles. The zero-order chi connectivity index (χ0) is 20.2. The van der Waals surface area contributed by atoms with Gasteiger partial charge in [-0.1, -0.05) is 18.2 Å². The lowest BCUT2D eigenvalue weighted by Gasteiger charge is -2.33. The number of carbonyl (C=O) groups excluding carboxylic acids is 1. The second-order valence-electron chi connectivity index (χ2n) is 7.14. The van der Waals surface area contributed by atoms with Crippen LogP contribution in [0, 0.1) is 5.82 Å². The van der Waals surface area contributed by atoms with Crippen molar-refractivity contribution < 1.29 is 13.6 Å². The van der Waals surface area contributed by atoms with E-state index in [0.717, 1.165) is 37.6 Å². The lowest BCUT2D eigenvalue weighted by Crippen LogP contribution is -2.44. The molecule has 0 spiro atoms. The number of hydrogen-bond donors (Lipinski definition) is 1. The molecule has 0 atom stereocenters. The molecule has 29 heavy (non-hydrogen) atoms. The largest absolute Gasteiger partial charge is 0.451 e. The number of hydrogen-bond acceptors (Lipinski definition) is 5.